The smallest absolute Gasteiger partial charge is 0.251 e. The largest absolute Gasteiger partial charge is 0.496 e. The molecule has 0 unspecified atom stereocenters. The summed E-state index contributed by atoms with van der Waals surface area (Å²) in [5.74, 6) is 1.85. The average molecular weight is 439 g/mol. The summed E-state index contributed by atoms with van der Waals surface area (Å²) in [5.41, 5.74) is 3.58. The lowest BCUT2D eigenvalue weighted by atomic mass is 9.97. The first-order valence-corrected chi connectivity index (χ1v) is 10.6. The highest BCUT2D eigenvalue weighted by atomic mass is 16.5. The molecule has 2 amide bonds. The lowest BCUT2D eigenvalue weighted by Crippen LogP contribution is -2.37. The number of ether oxygens (including phenoxy) is 3. The number of nitrogens with one attached hydrogen (secondary N) is 1. The number of hydrogen-bond acceptors (Lipinski definition) is 5. The molecule has 3 rings (SSSR count). The van der Waals surface area contributed by atoms with Crippen LogP contribution in [0.2, 0.25) is 0 Å². The number of benzene rings is 2. The van der Waals surface area contributed by atoms with E-state index in [1.807, 2.05) is 43.3 Å². The number of hydrogen-bond donors (Lipinski definition) is 1. The maximum atomic E-state index is 12.6. The van der Waals surface area contributed by atoms with Crippen LogP contribution in [0, 0.1) is 6.92 Å². The van der Waals surface area contributed by atoms with Crippen LogP contribution in [0.4, 0.5) is 0 Å². The molecule has 1 aliphatic rings. The lowest BCUT2D eigenvalue weighted by Gasteiger charge is -2.28. The summed E-state index contributed by atoms with van der Waals surface area (Å²) in [7, 11) is 4.82. The maximum absolute atomic E-state index is 12.6. The Morgan fingerprint density at radius 2 is 1.75 bits per heavy atom. The monoisotopic (exact) mass is 438 g/mol. The molecule has 0 fully saturated rings. The van der Waals surface area contributed by atoms with E-state index in [4.69, 9.17) is 14.2 Å². The van der Waals surface area contributed by atoms with Gasteiger partial charge in [-0.2, -0.15) is 0 Å². The topological polar surface area (TPSA) is 77.1 Å². The zero-order valence-corrected chi connectivity index (χ0v) is 19.1. The van der Waals surface area contributed by atoms with Crippen LogP contribution >= 0.6 is 0 Å². The van der Waals surface area contributed by atoms with E-state index >= 15 is 0 Å². The van der Waals surface area contributed by atoms with Crippen LogP contribution < -0.4 is 19.5 Å². The second-order valence-corrected chi connectivity index (χ2v) is 7.60. The first-order valence-electron chi connectivity index (χ1n) is 10.6. The standard InChI is InChI=1S/C25H30N2O5/c1-17-6-5-7-19(14-17)25(29)26-11-8-23(28)27-12-9-18(10-13-27)24-21(31-3)15-20(30-2)16-22(24)32-4/h5-7,9,14-16H,8,10-13H2,1-4H3,(H,26,29). The molecule has 2 aromatic carbocycles. The fourth-order valence-corrected chi connectivity index (χ4v) is 3.77. The average Bonchev–Trinajstić information content (AvgIpc) is 2.83. The second kappa shape index (κ2) is 10.7. The highest BCUT2D eigenvalue weighted by molar-refractivity contribution is 5.94. The van der Waals surface area contributed by atoms with Crippen molar-refractivity contribution in [2.45, 2.75) is 19.8 Å². The predicted molar refractivity (Wildman–Crippen MR) is 123 cm³/mol. The molecule has 0 aromatic heterocycles. The van der Waals surface area contributed by atoms with Crippen molar-refractivity contribution in [3.63, 3.8) is 0 Å². The van der Waals surface area contributed by atoms with Crippen LogP contribution in [-0.2, 0) is 4.79 Å². The Morgan fingerprint density at radius 1 is 1.03 bits per heavy atom. The number of aryl methyl sites for hydroxylation is 1. The van der Waals surface area contributed by atoms with E-state index in [2.05, 4.69) is 5.32 Å². The van der Waals surface area contributed by atoms with Gasteiger partial charge in [0.25, 0.3) is 5.91 Å². The minimum absolute atomic E-state index is 0.0125. The van der Waals surface area contributed by atoms with Gasteiger partial charge in [-0.3, -0.25) is 9.59 Å². The number of nitrogens with zero attached hydrogens (tertiary/aromatic N) is 1. The molecule has 0 saturated heterocycles. The summed E-state index contributed by atoms with van der Waals surface area (Å²) in [4.78, 5) is 26.7. The molecular formula is C25H30N2O5. The number of carbonyl (C=O) groups is 2. The molecule has 1 N–H and O–H groups in total. The van der Waals surface area contributed by atoms with Gasteiger partial charge < -0.3 is 24.4 Å². The number of methoxy groups -OCH3 is 3. The van der Waals surface area contributed by atoms with Crippen molar-refractivity contribution in [1.82, 2.24) is 10.2 Å². The van der Waals surface area contributed by atoms with Crippen molar-refractivity contribution in [2.24, 2.45) is 0 Å². The van der Waals surface area contributed by atoms with Gasteiger partial charge in [0.1, 0.15) is 17.2 Å². The van der Waals surface area contributed by atoms with Crippen molar-refractivity contribution in [3.05, 3.63) is 59.2 Å². The van der Waals surface area contributed by atoms with Gasteiger partial charge in [0, 0.05) is 43.8 Å². The summed E-state index contributed by atoms with van der Waals surface area (Å²) >= 11 is 0. The predicted octanol–water partition coefficient (Wildman–Crippen LogP) is 3.46. The highest BCUT2D eigenvalue weighted by Gasteiger charge is 2.23. The van der Waals surface area contributed by atoms with E-state index < -0.39 is 0 Å². The fraction of sp³-hybridized carbons (Fsp3) is 0.360. The summed E-state index contributed by atoms with van der Waals surface area (Å²) in [6, 6.07) is 11.0. The van der Waals surface area contributed by atoms with E-state index in [-0.39, 0.29) is 18.2 Å². The third-order valence-corrected chi connectivity index (χ3v) is 5.50. The first-order chi connectivity index (χ1) is 15.5. The van der Waals surface area contributed by atoms with Gasteiger partial charge in [-0.1, -0.05) is 23.8 Å². The normalized spacial score (nSPS) is 13.2. The van der Waals surface area contributed by atoms with Gasteiger partial charge in [0.2, 0.25) is 5.91 Å². The van der Waals surface area contributed by atoms with Crippen LogP contribution in [0.5, 0.6) is 17.2 Å². The molecule has 0 aliphatic carbocycles. The molecule has 7 heteroatoms. The minimum atomic E-state index is -0.166. The Kier molecular flexibility index (Phi) is 7.76. The second-order valence-electron chi connectivity index (χ2n) is 7.60. The lowest BCUT2D eigenvalue weighted by molar-refractivity contribution is -0.130. The first kappa shape index (κ1) is 23.2. The molecule has 0 bridgehead atoms. The van der Waals surface area contributed by atoms with Gasteiger partial charge in [-0.25, -0.2) is 0 Å². The fourth-order valence-electron chi connectivity index (χ4n) is 3.77. The summed E-state index contributed by atoms with van der Waals surface area (Å²) in [6.07, 6.45) is 2.97. The van der Waals surface area contributed by atoms with Gasteiger partial charge in [-0.05, 0) is 31.1 Å². The summed E-state index contributed by atoms with van der Waals surface area (Å²) in [6.45, 7) is 3.33. The Morgan fingerprint density at radius 3 is 2.31 bits per heavy atom. The van der Waals surface area contributed by atoms with Crippen LogP contribution in [0.25, 0.3) is 5.57 Å². The SMILES string of the molecule is COc1cc(OC)c(C2=CCN(C(=O)CCNC(=O)c3cccc(C)c3)CC2)c(OC)c1. The third kappa shape index (κ3) is 5.41. The van der Waals surface area contributed by atoms with E-state index in [1.54, 1.807) is 32.3 Å². The molecule has 0 saturated carbocycles. The van der Waals surface area contributed by atoms with Crippen LogP contribution in [0.1, 0.15) is 34.3 Å². The molecule has 1 heterocycles. The molecule has 0 atom stereocenters. The van der Waals surface area contributed by atoms with Crippen LogP contribution in [-0.4, -0.2) is 57.7 Å². The molecular weight excluding hydrogens is 408 g/mol. The third-order valence-electron chi connectivity index (χ3n) is 5.50. The molecule has 32 heavy (non-hydrogen) atoms. The van der Waals surface area contributed by atoms with Crippen molar-refractivity contribution in [1.29, 1.82) is 0 Å². The van der Waals surface area contributed by atoms with E-state index in [0.29, 0.717) is 48.9 Å². The highest BCUT2D eigenvalue weighted by Crippen LogP contribution is 2.40. The molecule has 0 spiro atoms. The molecule has 7 nitrogen and oxygen atoms in total. The van der Waals surface area contributed by atoms with E-state index in [0.717, 1.165) is 16.7 Å². The summed E-state index contributed by atoms with van der Waals surface area (Å²) in [5, 5.41) is 2.82. The van der Waals surface area contributed by atoms with E-state index in [9.17, 15) is 9.59 Å². The Balaban J connectivity index is 1.59. The number of rotatable bonds is 8. The van der Waals surface area contributed by atoms with E-state index in [1.165, 1.54) is 0 Å². The Bertz CT molecular complexity index is 990. The van der Waals surface area contributed by atoms with Gasteiger partial charge >= 0.3 is 0 Å². The van der Waals surface area contributed by atoms with Gasteiger partial charge in [0.15, 0.2) is 0 Å². The Hall–Kier alpha value is -3.48. The van der Waals surface area contributed by atoms with Crippen LogP contribution in [0.3, 0.4) is 0 Å². The zero-order valence-electron chi connectivity index (χ0n) is 19.1. The maximum Gasteiger partial charge on any atom is 0.251 e. The number of amides is 2. The van der Waals surface area contributed by atoms with Gasteiger partial charge in [0.05, 0.1) is 26.9 Å². The van der Waals surface area contributed by atoms with Gasteiger partial charge in [-0.15, -0.1) is 0 Å². The van der Waals surface area contributed by atoms with Crippen molar-refractivity contribution >= 4 is 17.4 Å². The number of carbonyl (C=O) groups excluding carboxylic acids is 2. The molecule has 1 aliphatic heterocycles. The quantitative estimate of drug-likeness (QED) is 0.683. The van der Waals surface area contributed by atoms with Crippen molar-refractivity contribution in [3.8, 4) is 17.2 Å². The molecule has 2 aromatic rings. The summed E-state index contributed by atoms with van der Waals surface area (Å²) < 4.78 is 16.4. The molecule has 0 radical (unpaired) electrons. The zero-order chi connectivity index (χ0) is 23.1. The minimum Gasteiger partial charge on any atom is -0.496 e. The van der Waals surface area contributed by atoms with Crippen molar-refractivity contribution < 1.29 is 23.8 Å². The van der Waals surface area contributed by atoms with Crippen LogP contribution in [0.15, 0.2) is 42.5 Å². The Labute approximate surface area is 189 Å². The molecule has 170 valence electrons. The van der Waals surface area contributed by atoms with Crippen molar-refractivity contribution in [2.75, 3.05) is 41.0 Å².